The normalized spacial score (nSPS) is 14.7. The molecule has 6 atom stereocenters. The lowest BCUT2D eigenvalue weighted by Crippen LogP contribution is -2.30. The fourth-order valence-electron chi connectivity index (χ4n) is 10.1. The lowest BCUT2D eigenvalue weighted by Gasteiger charge is -2.21. The average molecular weight is 1320 g/mol. The zero-order valence-corrected chi connectivity index (χ0v) is 59.9. The summed E-state index contributed by atoms with van der Waals surface area (Å²) in [6.07, 6.45) is 48.0. The van der Waals surface area contributed by atoms with Crippen LogP contribution in [0.3, 0.4) is 0 Å². The van der Waals surface area contributed by atoms with Crippen molar-refractivity contribution in [3.8, 4) is 0 Å². The van der Waals surface area contributed by atoms with Gasteiger partial charge in [0.25, 0.3) is 0 Å². The Balaban J connectivity index is 5.30. The molecule has 0 radical (unpaired) electrons. The number of carbonyl (C=O) groups is 4. The van der Waals surface area contributed by atoms with Crippen molar-refractivity contribution < 1.29 is 80.2 Å². The molecule has 0 amide bonds. The van der Waals surface area contributed by atoms with Gasteiger partial charge in [-0.2, -0.15) is 0 Å². The van der Waals surface area contributed by atoms with E-state index >= 15 is 0 Å². The summed E-state index contributed by atoms with van der Waals surface area (Å²) in [4.78, 5) is 72.5. The van der Waals surface area contributed by atoms with Gasteiger partial charge in [-0.25, -0.2) is 9.13 Å². The molecule has 0 aromatic heterocycles. The molecule has 0 rings (SSSR count). The van der Waals surface area contributed by atoms with Gasteiger partial charge in [-0.3, -0.25) is 37.3 Å². The van der Waals surface area contributed by atoms with Crippen molar-refractivity contribution in [2.75, 3.05) is 39.6 Å². The molecule has 0 aliphatic rings. The molecule has 0 aliphatic heterocycles. The summed E-state index contributed by atoms with van der Waals surface area (Å²) in [5.41, 5.74) is 0. The van der Waals surface area contributed by atoms with Gasteiger partial charge >= 0.3 is 39.5 Å². The number of hydrogen-bond acceptors (Lipinski definition) is 15. The molecule has 19 heteroatoms. The number of esters is 4. The number of unbranched alkanes of at least 4 members (excludes halogenated alkanes) is 31. The molecule has 0 aromatic rings. The monoisotopic (exact) mass is 1320 g/mol. The van der Waals surface area contributed by atoms with E-state index in [4.69, 9.17) is 37.0 Å². The van der Waals surface area contributed by atoms with Crippen molar-refractivity contribution in [1.29, 1.82) is 0 Å². The number of aliphatic hydroxyl groups excluding tert-OH is 1. The largest absolute Gasteiger partial charge is 0.472 e. The SMILES string of the molecule is CCCCCC/C=C\C=C/CCCCCCCC(=O)OC[C@H](COP(=O)(O)OC[C@@H](O)COP(=O)(O)OC[C@@H](COC(=O)CCCCCCCCC(C)CC)OC(=O)CCCCCCCCCCCC(C)C)OC(=O)CCCCCCCCCCCCC(C)C. The van der Waals surface area contributed by atoms with Crippen LogP contribution < -0.4 is 0 Å². The molecule has 0 fully saturated rings. The van der Waals surface area contributed by atoms with Gasteiger partial charge in [0.1, 0.15) is 19.3 Å². The number of rotatable bonds is 67. The zero-order valence-electron chi connectivity index (χ0n) is 58.1. The van der Waals surface area contributed by atoms with E-state index < -0.39 is 97.5 Å². The topological polar surface area (TPSA) is 237 Å². The number of ether oxygens (including phenoxy) is 4. The number of hydrogen-bond donors (Lipinski definition) is 3. The van der Waals surface area contributed by atoms with Gasteiger partial charge in [-0.05, 0) is 69.1 Å². The molecule has 0 saturated heterocycles. The molecular weight excluding hydrogens is 1190 g/mol. The van der Waals surface area contributed by atoms with Crippen molar-refractivity contribution in [2.45, 2.75) is 349 Å². The summed E-state index contributed by atoms with van der Waals surface area (Å²) in [6.45, 7) is 11.7. The number of phosphoric acid groups is 2. The van der Waals surface area contributed by atoms with E-state index in [0.29, 0.717) is 25.7 Å². The smallest absolute Gasteiger partial charge is 0.462 e. The van der Waals surface area contributed by atoms with Crippen LogP contribution in [0.1, 0.15) is 331 Å². The maximum atomic E-state index is 13.0. The van der Waals surface area contributed by atoms with Crippen molar-refractivity contribution >= 4 is 39.5 Å². The molecule has 0 saturated carbocycles. The highest BCUT2D eigenvalue weighted by molar-refractivity contribution is 7.47. The van der Waals surface area contributed by atoms with Crippen molar-refractivity contribution in [1.82, 2.24) is 0 Å². The number of allylic oxidation sites excluding steroid dienone is 4. The van der Waals surface area contributed by atoms with Gasteiger partial charge < -0.3 is 33.8 Å². The van der Waals surface area contributed by atoms with E-state index in [-0.39, 0.29) is 25.7 Å². The highest BCUT2D eigenvalue weighted by Crippen LogP contribution is 2.45. The Bertz CT molecular complexity index is 1860. The lowest BCUT2D eigenvalue weighted by atomic mass is 10.00. The number of carbonyl (C=O) groups excluding carboxylic acids is 4. The molecule has 3 unspecified atom stereocenters. The summed E-state index contributed by atoms with van der Waals surface area (Å²) >= 11 is 0. The summed E-state index contributed by atoms with van der Waals surface area (Å²) in [6, 6.07) is 0. The lowest BCUT2D eigenvalue weighted by molar-refractivity contribution is -0.161. The second-order valence-corrected chi connectivity index (χ2v) is 29.0. The van der Waals surface area contributed by atoms with E-state index in [1.165, 1.54) is 116 Å². The Morgan fingerprint density at radius 2 is 0.656 bits per heavy atom. The molecule has 90 heavy (non-hydrogen) atoms. The molecule has 0 aliphatic carbocycles. The maximum Gasteiger partial charge on any atom is 0.472 e. The van der Waals surface area contributed by atoms with E-state index in [1.54, 1.807) is 0 Å². The fourth-order valence-corrected chi connectivity index (χ4v) is 11.7. The molecule has 17 nitrogen and oxygen atoms in total. The minimum atomic E-state index is -4.96. The van der Waals surface area contributed by atoms with Crippen LogP contribution in [0.15, 0.2) is 24.3 Å². The Kier molecular flexibility index (Phi) is 59.7. The summed E-state index contributed by atoms with van der Waals surface area (Å²) < 4.78 is 68.3. The zero-order chi connectivity index (χ0) is 66.6. The molecule has 3 N–H and O–H groups in total. The third-order valence-corrected chi connectivity index (χ3v) is 18.0. The van der Waals surface area contributed by atoms with Crippen molar-refractivity contribution in [2.24, 2.45) is 17.8 Å². The molecule has 0 heterocycles. The van der Waals surface area contributed by atoms with Crippen LogP contribution in [0.25, 0.3) is 0 Å². The van der Waals surface area contributed by atoms with Crippen LogP contribution in [0.4, 0.5) is 0 Å². The third kappa shape index (κ3) is 63.0. The molecule has 0 bridgehead atoms. The average Bonchev–Trinajstić information content (AvgIpc) is 3.19. The Labute approximate surface area is 548 Å². The predicted octanol–water partition coefficient (Wildman–Crippen LogP) is 19.8. The van der Waals surface area contributed by atoms with Crippen LogP contribution in [-0.4, -0.2) is 96.7 Å². The molecule has 0 aromatic carbocycles. The Morgan fingerprint density at radius 3 is 0.989 bits per heavy atom. The minimum absolute atomic E-state index is 0.0985. The summed E-state index contributed by atoms with van der Waals surface area (Å²) in [5, 5.41) is 10.6. The van der Waals surface area contributed by atoms with Gasteiger partial charge in [0, 0.05) is 25.7 Å². The van der Waals surface area contributed by atoms with Gasteiger partial charge in [-0.1, -0.05) is 278 Å². The second kappa shape index (κ2) is 61.4. The first kappa shape index (κ1) is 87.5. The third-order valence-electron chi connectivity index (χ3n) is 16.1. The van der Waals surface area contributed by atoms with Crippen LogP contribution in [0.5, 0.6) is 0 Å². The standard InChI is InChI=1S/C71H134O17P2/c1-8-10-11-12-13-14-15-16-17-18-19-25-30-38-45-52-68(73)81-58-66(87-70(75)54-47-40-31-26-21-20-23-28-35-42-49-62(3)4)60-85-89(77,78)83-56-65(72)57-84-90(79,80)86-61-67(59-82-69(74)53-46-39-34-33-37-44-51-64(7)9-2)88-71(76)55-48-41-32-27-22-24-29-36-43-50-63(5)6/h14-17,62-67,72H,8-13,18-61H2,1-7H3,(H,77,78)(H,79,80)/b15-14-,17-16-/t64?,65-,66-,67-/m1/s1. The first-order chi connectivity index (χ1) is 43.3. The molecular formula is C71H134O17P2. The second-order valence-electron chi connectivity index (χ2n) is 26.1. The minimum Gasteiger partial charge on any atom is -0.462 e. The first-order valence-corrected chi connectivity index (χ1v) is 39.2. The highest BCUT2D eigenvalue weighted by atomic mass is 31.2. The van der Waals surface area contributed by atoms with Gasteiger partial charge in [0.05, 0.1) is 26.4 Å². The number of aliphatic hydroxyl groups is 1. The summed E-state index contributed by atoms with van der Waals surface area (Å²) in [7, 11) is -9.91. The van der Waals surface area contributed by atoms with Crippen molar-refractivity contribution in [3.63, 3.8) is 0 Å². The van der Waals surface area contributed by atoms with Crippen molar-refractivity contribution in [3.05, 3.63) is 24.3 Å². The molecule has 0 spiro atoms. The van der Waals surface area contributed by atoms with Crippen LogP contribution in [0.2, 0.25) is 0 Å². The Hall–Kier alpha value is -2.46. The van der Waals surface area contributed by atoms with Crippen LogP contribution >= 0.6 is 15.6 Å². The first-order valence-electron chi connectivity index (χ1n) is 36.2. The maximum absolute atomic E-state index is 13.0. The summed E-state index contributed by atoms with van der Waals surface area (Å²) in [5.74, 6) is 0.0558. The highest BCUT2D eigenvalue weighted by Gasteiger charge is 2.30. The van der Waals surface area contributed by atoms with Gasteiger partial charge in [0.2, 0.25) is 0 Å². The predicted molar refractivity (Wildman–Crippen MR) is 363 cm³/mol. The van der Waals surface area contributed by atoms with Crippen LogP contribution in [-0.2, 0) is 65.4 Å². The number of phosphoric ester groups is 2. The van der Waals surface area contributed by atoms with E-state index in [2.05, 4.69) is 72.8 Å². The fraction of sp³-hybridized carbons (Fsp3) is 0.887. The Morgan fingerprint density at radius 1 is 0.367 bits per heavy atom. The van der Waals surface area contributed by atoms with E-state index in [0.717, 1.165) is 133 Å². The van der Waals surface area contributed by atoms with E-state index in [9.17, 15) is 43.2 Å². The van der Waals surface area contributed by atoms with Crippen LogP contribution in [0, 0.1) is 17.8 Å². The van der Waals surface area contributed by atoms with E-state index in [1.807, 2.05) is 0 Å². The molecule has 530 valence electrons. The van der Waals surface area contributed by atoms with Gasteiger partial charge in [-0.15, -0.1) is 0 Å². The quantitative estimate of drug-likeness (QED) is 0.0169. The van der Waals surface area contributed by atoms with Gasteiger partial charge in [0.15, 0.2) is 12.2 Å².